The molecule has 0 aromatic heterocycles. The number of carboxylic acid groups (broad SMARTS) is 1. The molecule has 1 aliphatic carbocycles. The molecule has 0 radical (unpaired) electrons. The van der Waals surface area contributed by atoms with Gasteiger partial charge in [-0.15, -0.1) is 4.99 Å². The molecular formula is C29H31ClF2N4O7. The van der Waals surface area contributed by atoms with Gasteiger partial charge >= 0.3 is 18.2 Å². The smallest absolute Gasteiger partial charge is 0.437 e. The number of carbonyl (C=O) groups excluding carboxylic acids is 3. The number of nitrogens with one attached hydrogen (secondary N) is 1. The van der Waals surface area contributed by atoms with Crippen LogP contribution in [0.5, 0.6) is 0 Å². The Morgan fingerprint density at radius 3 is 2.33 bits per heavy atom. The number of ether oxygens (including phenoxy) is 2. The third-order valence-electron chi connectivity index (χ3n) is 6.84. The van der Waals surface area contributed by atoms with Crippen molar-refractivity contribution in [1.82, 2.24) is 15.1 Å². The fourth-order valence-corrected chi connectivity index (χ4v) is 5.04. The molecule has 2 N–H and O–H groups in total. The molecular weight excluding hydrogens is 590 g/mol. The standard InChI is InChI=1S/C29H31ClF2N4O7/c1-28(2,3)43-26(40)33-25-34-29(16-7-8-16,17-11-18(31)13-19(32)12-17)24(39)36(25)22(14-42-27(41)35(4)5)15-6-9-21(30)20(10-15)23(37)38/h6,9-13,16,22H,7-8,14H2,1-5H3,(H,37,38)(H,33,34,40)/t22?,29-/m1/s1. The minimum absolute atomic E-state index is 0.0387. The van der Waals surface area contributed by atoms with Crippen LogP contribution in [0.2, 0.25) is 5.02 Å². The van der Waals surface area contributed by atoms with Gasteiger partial charge in [-0.25, -0.2) is 23.2 Å². The van der Waals surface area contributed by atoms with Crippen LogP contribution >= 0.6 is 11.6 Å². The van der Waals surface area contributed by atoms with E-state index in [9.17, 15) is 33.1 Å². The maximum Gasteiger partial charge on any atom is 0.437 e. The summed E-state index contributed by atoms with van der Waals surface area (Å²) in [4.78, 5) is 58.0. The second-order valence-electron chi connectivity index (χ2n) is 11.5. The summed E-state index contributed by atoms with van der Waals surface area (Å²) in [5, 5.41) is 12.6. The molecule has 1 saturated carbocycles. The molecule has 4 rings (SSSR count). The topological polar surface area (TPSA) is 138 Å². The van der Waals surface area contributed by atoms with Crippen LogP contribution in [0.1, 0.15) is 61.1 Å². The zero-order valence-electron chi connectivity index (χ0n) is 24.1. The van der Waals surface area contributed by atoms with E-state index in [1.165, 1.54) is 32.3 Å². The van der Waals surface area contributed by atoms with E-state index >= 15 is 0 Å². The van der Waals surface area contributed by atoms with Crippen molar-refractivity contribution in [3.05, 3.63) is 69.7 Å². The lowest BCUT2D eigenvalue weighted by Gasteiger charge is -2.31. The van der Waals surface area contributed by atoms with Crippen LogP contribution in [-0.4, -0.2) is 71.2 Å². The number of benzene rings is 2. The number of nitrogens with zero attached hydrogens (tertiary/aromatic N) is 3. The third kappa shape index (κ3) is 6.71. The summed E-state index contributed by atoms with van der Waals surface area (Å²) in [6.45, 7) is 4.33. The minimum atomic E-state index is -1.75. The highest BCUT2D eigenvalue weighted by Gasteiger charge is 2.61. The van der Waals surface area contributed by atoms with Crippen LogP contribution < -0.4 is 5.32 Å². The molecule has 0 bridgehead atoms. The van der Waals surface area contributed by atoms with Crippen molar-refractivity contribution in [2.75, 3.05) is 20.7 Å². The second-order valence-corrected chi connectivity index (χ2v) is 11.9. The third-order valence-corrected chi connectivity index (χ3v) is 7.17. The summed E-state index contributed by atoms with van der Waals surface area (Å²) >= 11 is 6.10. The first-order valence-corrected chi connectivity index (χ1v) is 13.7. The van der Waals surface area contributed by atoms with E-state index in [2.05, 4.69) is 10.3 Å². The van der Waals surface area contributed by atoms with Crippen LogP contribution in [0, 0.1) is 17.6 Å². The van der Waals surface area contributed by atoms with E-state index < -0.39 is 65.4 Å². The highest BCUT2D eigenvalue weighted by Crippen LogP contribution is 2.50. The molecule has 1 saturated heterocycles. The molecule has 0 spiro atoms. The van der Waals surface area contributed by atoms with Gasteiger partial charge in [0.2, 0.25) is 5.96 Å². The Kier molecular flexibility index (Phi) is 8.68. The lowest BCUT2D eigenvalue weighted by Crippen LogP contribution is -2.47. The first-order valence-electron chi connectivity index (χ1n) is 13.3. The van der Waals surface area contributed by atoms with Gasteiger partial charge in [0.25, 0.3) is 5.91 Å². The quantitative estimate of drug-likeness (QED) is 0.437. The molecule has 1 aliphatic heterocycles. The van der Waals surface area contributed by atoms with Gasteiger partial charge in [0.15, 0.2) is 0 Å². The maximum atomic E-state index is 14.6. The molecule has 2 aliphatic rings. The predicted octanol–water partition coefficient (Wildman–Crippen LogP) is 5.08. The van der Waals surface area contributed by atoms with Crippen molar-refractivity contribution in [3.8, 4) is 0 Å². The van der Waals surface area contributed by atoms with Gasteiger partial charge in [-0.3, -0.25) is 9.69 Å². The second kappa shape index (κ2) is 11.8. The lowest BCUT2D eigenvalue weighted by molar-refractivity contribution is -0.134. The highest BCUT2D eigenvalue weighted by atomic mass is 35.5. The average Bonchev–Trinajstić information content (AvgIpc) is 3.69. The van der Waals surface area contributed by atoms with Gasteiger partial charge in [0.05, 0.1) is 16.6 Å². The Labute approximate surface area is 251 Å². The molecule has 3 amide bonds. The fraction of sp³-hybridized carbons (Fsp3) is 0.414. The van der Waals surface area contributed by atoms with E-state index in [4.69, 9.17) is 21.1 Å². The molecule has 2 aromatic rings. The Balaban J connectivity index is 1.93. The Bertz CT molecular complexity index is 1490. The van der Waals surface area contributed by atoms with Gasteiger partial charge in [0, 0.05) is 20.2 Å². The van der Waals surface area contributed by atoms with Crippen LogP contribution in [0.25, 0.3) is 0 Å². The molecule has 14 heteroatoms. The summed E-state index contributed by atoms with van der Waals surface area (Å²) < 4.78 is 39.8. The van der Waals surface area contributed by atoms with Gasteiger partial charge in [-0.05, 0) is 74.9 Å². The molecule has 1 heterocycles. The van der Waals surface area contributed by atoms with Gasteiger partial charge < -0.3 is 24.8 Å². The number of hydrogen-bond acceptors (Lipinski definition) is 6. The number of hydrogen-bond donors (Lipinski definition) is 2. The molecule has 230 valence electrons. The van der Waals surface area contributed by atoms with Crippen LogP contribution in [0.15, 0.2) is 41.4 Å². The zero-order chi connectivity index (χ0) is 31.9. The number of halogens is 3. The van der Waals surface area contributed by atoms with Crippen molar-refractivity contribution in [2.45, 2.75) is 50.8 Å². The summed E-state index contributed by atoms with van der Waals surface area (Å²) in [7, 11) is 2.88. The molecule has 2 fully saturated rings. The maximum absolute atomic E-state index is 14.6. The van der Waals surface area contributed by atoms with Gasteiger partial charge in [-0.1, -0.05) is 17.7 Å². The van der Waals surface area contributed by atoms with Crippen molar-refractivity contribution in [1.29, 1.82) is 0 Å². The summed E-state index contributed by atoms with van der Waals surface area (Å²) in [6, 6.07) is 5.38. The van der Waals surface area contributed by atoms with E-state index in [1.54, 1.807) is 20.8 Å². The normalized spacial score (nSPS) is 20.0. The van der Waals surface area contributed by atoms with E-state index in [-0.39, 0.29) is 27.7 Å². The zero-order valence-corrected chi connectivity index (χ0v) is 24.9. The summed E-state index contributed by atoms with van der Waals surface area (Å²) in [5.74, 6) is -4.73. The first-order chi connectivity index (χ1) is 20.0. The number of carboxylic acids is 1. The summed E-state index contributed by atoms with van der Waals surface area (Å²) in [6.07, 6.45) is -0.830. The molecule has 1 unspecified atom stereocenters. The Morgan fingerprint density at radius 2 is 1.79 bits per heavy atom. The minimum Gasteiger partial charge on any atom is -0.478 e. The van der Waals surface area contributed by atoms with Crippen LogP contribution in [0.3, 0.4) is 0 Å². The van der Waals surface area contributed by atoms with Crippen molar-refractivity contribution in [3.63, 3.8) is 0 Å². The van der Waals surface area contributed by atoms with Crippen LogP contribution in [-0.2, 0) is 19.8 Å². The molecule has 43 heavy (non-hydrogen) atoms. The molecule has 11 nitrogen and oxygen atoms in total. The predicted molar refractivity (Wildman–Crippen MR) is 151 cm³/mol. The Morgan fingerprint density at radius 1 is 1.16 bits per heavy atom. The number of aromatic carboxylic acids is 1. The summed E-state index contributed by atoms with van der Waals surface area (Å²) in [5.41, 5.74) is -2.88. The van der Waals surface area contributed by atoms with Crippen molar-refractivity contribution in [2.24, 2.45) is 10.9 Å². The van der Waals surface area contributed by atoms with Gasteiger partial charge in [-0.2, -0.15) is 0 Å². The SMILES string of the molecule is CN(C)C(=O)OCC(c1ccc(Cl)c(C(=O)O)c1)N1C(=O)[C@](c2cc(F)cc(F)c2)(C2CC2)NC1=NC(=O)OC(C)(C)C. The fourth-order valence-electron chi connectivity index (χ4n) is 4.84. The van der Waals surface area contributed by atoms with E-state index in [1.807, 2.05) is 0 Å². The van der Waals surface area contributed by atoms with Gasteiger partial charge in [0.1, 0.15) is 29.4 Å². The average molecular weight is 621 g/mol. The number of carbonyl (C=O) groups is 4. The Hall–Kier alpha value is -4.26. The van der Waals surface area contributed by atoms with E-state index in [0.29, 0.717) is 18.9 Å². The molecule has 2 atom stereocenters. The largest absolute Gasteiger partial charge is 0.478 e. The number of amides is 3. The lowest BCUT2D eigenvalue weighted by atomic mass is 9.84. The van der Waals surface area contributed by atoms with Crippen molar-refractivity contribution >= 4 is 41.6 Å². The van der Waals surface area contributed by atoms with E-state index in [0.717, 1.165) is 21.9 Å². The number of rotatable bonds is 7. The van der Waals surface area contributed by atoms with Crippen molar-refractivity contribution < 1.29 is 42.5 Å². The van der Waals surface area contributed by atoms with Crippen LogP contribution in [0.4, 0.5) is 18.4 Å². The number of guanidine groups is 1. The first kappa shape index (κ1) is 31.7. The highest BCUT2D eigenvalue weighted by molar-refractivity contribution is 6.33. The molecule has 2 aromatic carbocycles. The number of aliphatic imine (C=N–C) groups is 1. The monoisotopic (exact) mass is 620 g/mol.